The lowest BCUT2D eigenvalue weighted by molar-refractivity contribution is -0.137. The van der Waals surface area contributed by atoms with Crippen LogP contribution < -0.4 is 0 Å². The van der Waals surface area contributed by atoms with Crippen molar-refractivity contribution in [2.24, 2.45) is 11.8 Å². The van der Waals surface area contributed by atoms with Crippen molar-refractivity contribution < 1.29 is 4.79 Å². The van der Waals surface area contributed by atoms with Gasteiger partial charge in [-0.05, 0) is 48.5 Å². The van der Waals surface area contributed by atoms with Gasteiger partial charge >= 0.3 is 0 Å². The number of hydrogen-bond donors (Lipinski definition) is 0. The molecule has 1 aliphatic rings. The molecule has 2 heterocycles. The fraction of sp³-hybridized carbons (Fsp3) is 0.733. The summed E-state index contributed by atoms with van der Waals surface area (Å²) in [6.07, 6.45) is 2.37. The third-order valence-electron chi connectivity index (χ3n) is 4.13. The van der Waals surface area contributed by atoms with Gasteiger partial charge in [0, 0.05) is 18.8 Å². The first kappa shape index (κ1) is 15.5. The molecule has 2 rings (SSSR count). The highest BCUT2D eigenvalue weighted by Gasteiger charge is 2.25. The fourth-order valence-electron chi connectivity index (χ4n) is 2.89. The zero-order valence-corrected chi connectivity index (χ0v) is 14.4. The summed E-state index contributed by atoms with van der Waals surface area (Å²) in [5.41, 5.74) is 2.07. The van der Waals surface area contributed by atoms with E-state index in [-0.39, 0.29) is 11.8 Å². The highest BCUT2D eigenvalue weighted by molar-refractivity contribution is 9.10. The summed E-state index contributed by atoms with van der Waals surface area (Å²) in [6, 6.07) is 0. The van der Waals surface area contributed by atoms with E-state index < -0.39 is 0 Å². The number of rotatable bonds is 3. The van der Waals surface area contributed by atoms with E-state index in [0.29, 0.717) is 12.5 Å². The second kappa shape index (κ2) is 6.29. The van der Waals surface area contributed by atoms with Crippen LogP contribution in [-0.2, 0) is 11.3 Å². The van der Waals surface area contributed by atoms with Gasteiger partial charge in [-0.25, -0.2) is 0 Å². The lowest BCUT2D eigenvalue weighted by atomic mass is 9.99. The number of hydrogen-bond acceptors (Lipinski definition) is 2. The van der Waals surface area contributed by atoms with Gasteiger partial charge in [0.15, 0.2) is 0 Å². The number of aryl methyl sites for hydroxylation is 1. The van der Waals surface area contributed by atoms with Crippen molar-refractivity contribution in [3.63, 3.8) is 0 Å². The Bertz CT molecular complexity index is 498. The Morgan fingerprint density at radius 2 is 2.20 bits per heavy atom. The zero-order chi connectivity index (χ0) is 14.9. The quantitative estimate of drug-likeness (QED) is 0.846. The number of carbonyl (C=O) groups is 1. The number of halogens is 1. The van der Waals surface area contributed by atoms with Gasteiger partial charge in [0.25, 0.3) is 0 Å². The number of aromatic nitrogens is 2. The molecule has 1 aromatic heterocycles. The minimum absolute atomic E-state index is 0.0230. The van der Waals surface area contributed by atoms with E-state index in [4.69, 9.17) is 0 Å². The Kier molecular flexibility index (Phi) is 4.89. The van der Waals surface area contributed by atoms with Crippen molar-refractivity contribution in [3.8, 4) is 0 Å². The minimum Gasteiger partial charge on any atom is -0.342 e. The molecule has 0 spiro atoms. The van der Waals surface area contributed by atoms with Gasteiger partial charge in [0.05, 0.1) is 22.6 Å². The molecule has 1 aromatic rings. The van der Waals surface area contributed by atoms with Crippen molar-refractivity contribution in [3.05, 3.63) is 15.9 Å². The SMILES string of the molecule is Cc1nn(C[C@H](C)C(=O)N2CCC[C@H](C)C2)c(C)c1Br. The molecule has 1 amide bonds. The molecule has 1 saturated heterocycles. The lowest BCUT2D eigenvalue weighted by Gasteiger charge is -2.32. The topological polar surface area (TPSA) is 38.1 Å². The van der Waals surface area contributed by atoms with Gasteiger partial charge in [-0.15, -0.1) is 0 Å². The minimum atomic E-state index is -0.0230. The highest BCUT2D eigenvalue weighted by atomic mass is 79.9. The summed E-state index contributed by atoms with van der Waals surface area (Å²) in [4.78, 5) is 14.6. The number of carbonyl (C=O) groups excluding carboxylic acids is 1. The van der Waals surface area contributed by atoms with Crippen LogP contribution in [0.2, 0.25) is 0 Å². The summed E-state index contributed by atoms with van der Waals surface area (Å²) in [5.74, 6) is 0.869. The smallest absolute Gasteiger partial charge is 0.227 e. The van der Waals surface area contributed by atoms with Crippen molar-refractivity contribution in [2.75, 3.05) is 13.1 Å². The summed E-state index contributed by atoms with van der Waals surface area (Å²) in [5, 5.41) is 4.49. The second-order valence-electron chi connectivity index (χ2n) is 6.10. The third kappa shape index (κ3) is 3.25. The van der Waals surface area contributed by atoms with E-state index in [2.05, 4.69) is 28.0 Å². The van der Waals surface area contributed by atoms with E-state index in [1.165, 1.54) is 6.42 Å². The number of likely N-dealkylation sites (tertiary alicyclic amines) is 1. The summed E-state index contributed by atoms with van der Waals surface area (Å²) >= 11 is 3.53. The van der Waals surface area contributed by atoms with Crippen molar-refractivity contribution in [2.45, 2.75) is 47.1 Å². The second-order valence-corrected chi connectivity index (χ2v) is 6.89. The Hall–Kier alpha value is -0.840. The zero-order valence-electron chi connectivity index (χ0n) is 12.8. The molecular formula is C15H24BrN3O. The summed E-state index contributed by atoms with van der Waals surface area (Å²) in [7, 11) is 0. The standard InChI is InChI=1S/C15H24BrN3O/c1-10-6-5-7-18(8-10)15(20)11(2)9-19-13(4)14(16)12(3)17-19/h10-11H,5-9H2,1-4H3/t10-,11-/m0/s1. The number of piperidine rings is 1. The van der Waals surface area contributed by atoms with E-state index in [1.807, 2.05) is 30.4 Å². The predicted octanol–water partition coefficient (Wildman–Crippen LogP) is 3.16. The molecule has 112 valence electrons. The highest BCUT2D eigenvalue weighted by Crippen LogP contribution is 2.22. The first-order valence-corrected chi connectivity index (χ1v) is 8.17. The van der Waals surface area contributed by atoms with Crippen LogP contribution in [0.3, 0.4) is 0 Å². The molecule has 0 N–H and O–H groups in total. The molecule has 0 bridgehead atoms. The van der Waals surface area contributed by atoms with Crippen LogP contribution in [0.15, 0.2) is 4.47 Å². The van der Waals surface area contributed by atoms with E-state index in [1.54, 1.807) is 0 Å². The first-order chi connectivity index (χ1) is 9.40. The maximum Gasteiger partial charge on any atom is 0.227 e. The molecule has 0 radical (unpaired) electrons. The predicted molar refractivity (Wildman–Crippen MR) is 83.5 cm³/mol. The largest absolute Gasteiger partial charge is 0.342 e. The van der Waals surface area contributed by atoms with Crippen LogP contribution in [0.1, 0.15) is 38.1 Å². The van der Waals surface area contributed by atoms with Crippen LogP contribution in [0.25, 0.3) is 0 Å². The molecular weight excluding hydrogens is 318 g/mol. The molecule has 1 fully saturated rings. The molecule has 0 unspecified atom stereocenters. The molecule has 1 aliphatic heterocycles. The average molecular weight is 342 g/mol. The lowest BCUT2D eigenvalue weighted by Crippen LogP contribution is -2.42. The van der Waals surface area contributed by atoms with Gasteiger partial charge in [0.2, 0.25) is 5.91 Å². The van der Waals surface area contributed by atoms with Gasteiger partial charge in [-0.3, -0.25) is 9.48 Å². The normalized spacial score (nSPS) is 21.1. The summed E-state index contributed by atoms with van der Waals surface area (Å²) in [6.45, 7) is 10.7. The third-order valence-corrected chi connectivity index (χ3v) is 5.28. The Labute approximate surface area is 129 Å². The number of nitrogens with zero attached hydrogens (tertiary/aromatic N) is 3. The Morgan fingerprint density at radius 1 is 1.50 bits per heavy atom. The molecule has 4 nitrogen and oxygen atoms in total. The van der Waals surface area contributed by atoms with E-state index >= 15 is 0 Å². The van der Waals surface area contributed by atoms with Crippen LogP contribution in [0.5, 0.6) is 0 Å². The molecule has 0 aromatic carbocycles. The molecule has 0 aliphatic carbocycles. The van der Waals surface area contributed by atoms with Gasteiger partial charge in [0.1, 0.15) is 0 Å². The maximum absolute atomic E-state index is 12.5. The van der Waals surface area contributed by atoms with Crippen LogP contribution >= 0.6 is 15.9 Å². The molecule has 0 saturated carbocycles. The molecule has 2 atom stereocenters. The van der Waals surface area contributed by atoms with Crippen molar-refractivity contribution in [1.82, 2.24) is 14.7 Å². The molecule has 20 heavy (non-hydrogen) atoms. The van der Waals surface area contributed by atoms with Gasteiger partial charge < -0.3 is 4.90 Å². The number of amides is 1. The Morgan fingerprint density at radius 3 is 2.75 bits per heavy atom. The summed E-state index contributed by atoms with van der Waals surface area (Å²) < 4.78 is 2.98. The van der Waals surface area contributed by atoms with Crippen LogP contribution in [-0.4, -0.2) is 33.7 Å². The first-order valence-electron chi connectivity index (χ1n) is 7.38. The van der Waals surface area contributed by atoms with Gasteiger partial charge in [-0.1, -0.05) is 13.8 Å². The monoisotopic (exact) mass is 341 g/mol. The van der Waals surface area contributed by atoms with E-state index in [0.717, 1.165) is 35.4 Å². The fourth-order valence-corrected chi connectivity index (χ4v) is 3.18. The van der Waals surface area contributed by atoms with Crippen molar-refractivity contribution in [1.29, 1.82) is 0 Å². The molecule has 5 heteroatoms. The van der Waals surface area contributed by atoms with Crippen LogP contribution in [0, 0.1) is 25.7 Å². The Balaban J connectivity index is 2.02. The van der Waals surface area contributed by atoms with E-state index in [9.17, 15) is 4.79 Å². The van der Waals surface area contributed by atoms with Crippen LogP contribution in [0.4, 0.5) is 0 Å². The van der Waals surface area contributed by atoms with Crippen molar-refractivity contribution >= 4 is 21.8 Å². The van der Waals surface area contributed by atoms with Gasteiger partial charge in [-0.2, -0.15) is 5.10 Å². The maximum atomic E-state index is 12.5. The average Bonchev–Trinajstić information content (AvgIpc) is 2.65.